The van der Waals surface area contributed by atoms with Gasteiger partial charge in [-0.3, -0.25) is 9.78 Å². The maximum Gasteiger partial charge on any atom is 0.280 e. The smallest absolute Gasteiger partial charge is 0.280 e. The Bertz CT molecular complexity index is 704. The summed E-state index contributed by atoms with van der Waals surface area (Å²) < 4.78 is 1.46. The molecule has 2 aromatic rings. The minimum Gasteiger partial charge on any atom is -0.326 e. The third kappa shape index (κ3) is 2.26. The minimum atomic E-state index is -0.124. The molecule has 0 unspecified atom stereocenters. The second kappa shape index (κ2) is 5.38. The van der Waals surface area contributed by atoms with Gasteiger partial charge in [-0.05, 0) is 37.9 Å². The zero-order valence-corrected chi connectivity index (χ0v) is 12.3. The lowest BCUT2D eigenvalue weighted by Crippen LogP contribution is -2.27. The van der Waals surface area contributed by atoms with Gasteiger partial charge >= 0.3 is 0 Å². The highest BCUT2D eigenvalue weighted by atomic mass is 16.2. The molecule has 21 heavy (non-hydrogen) atoms. The lowest BCUT2D eigenvalue weighted by Gasteiger charge is -2.19. The highest BCUT2D eigenvalue weighted by Crippen LogP contribution is 2.20. The first-order valence-electron chi connectivity index (χ1n) is 7.09. The van der Waals surface area contributed by atoms with Gasteiger partial charge in [0.05, 0.1) is 11.3 Å². The molecule has 0 bridgehead atoms. The van der Waals surface area contributed by atoms with Crippen LogP contribution in [0.15, 0.2) is 12.4 Å². The van der Waals surface area contributed by atoms with Crippen LogP contribution in [-0.4, -0.2) is 27.2 Å². The van der Waals surface area contributed by atoms with Gasteiger partial charge in [0, 0.05) is 36.7 Å². The van der Waals surface area contributed by atoms with E-state index in [-0.39, 0.29) is 5.91 Å². The van der Waals surface area contributed by atoms with Crippen LogP contribution in [0.3, 0.4) is 0 Å². The largest absolute Gasteiger partial charge is 0.326 e. The molecule has 0 saturated carbocycles. The van der Waals surface area contributed by atoms with Crippen LogP contribution >= 0.6 is 0 Å². The van der Waals surface area contributed by atoms with Crippen LogP contribution in [-0.2, 0) is 19.5 Å². The number of nitrogens with one attached hydrogen (secondary N) is 1. The molecule has 0 amide bonds. The highest BCUT2D eigenvalue weighted by Gasteiger charge is 2.22. The molecule has 0 atom stereocenters. The summed E-state index contributed by atoms with van der Waals surface area (Å²) in [6.45, 7) is 5.78. The number of nitrogens with two attached hydrogens (primary N) is 1. The number of rotatable bonds is 2. The van der Waals surface area contributed by atoms with Crippen molar-refractivity contribution in [1.29, 1.82) is 0 Å². The van der Waals surface area contributed by atoms with Crippen molar-refractivity contribution in [2.24, 2.45) is 5.73 Å². The summed E-state index contributed by atoms with van der Waals surface area (Å²) in [4.78, 5) is 17.0. The van der Waals surface area contributed by atoms with Crippen molar-refractivity contribution in [3.63, 3.8) is 0 Å². The van der Waals surface area contributed by atoms with E-state index in [2.05, 4.69) is 15.4 Å². The van der Waals surface area contributed by atoms with Gasteiger partial charge in [0.15, 0.2) is 0 Å². The molecule has 0 aromatic carbocycles. The van der Waals surface area contributed by atoms with E-state index in [4.69, 9.17) is 5.73 Å². The fraction of sp³-hybridized carbons (Fsp3) is 0.400. The second-order valence-electron chi connectivity index (χ2n) is 5.32. The molecule has 6 nitrogen and oxygen atoms in total. The molecule has 0 aliphatic carbocycles. The summed E-state index contributed by atoms with van der Waals surface area (Å²) in [5.41, 5.74) is 11.1. The van der Waals surface area contributed by atoms with Crippen LogP contribution in [0.25, 0.3) is 0 Å². The van der Waals surface area contributed by atoms with Gasteiger partial charge in [0.2, 0.25) is 0 Å². The summed E-state index contributed by atoms with van der Waals surface area (Å²) in [6.07, 6.45) is 4.30. The predicted molar refractivity (Wildman–Crippen MR) is 79.0 cm³/mol. The molecule has 0 fully saturated rings. The summed E-state index contributed by atoms with van der Waals surface area (Å²) >= 11 is 0. The summed E-state index contributed by atoms with van der Waals surface area (Å²) in [7, 11) is 0. The Hall–Kier alpha value is -2.05. The third-order valence-electron chi connectivity index (χ3n) is 4.08. The molecule has 0 spiro atoms. The van der Waals surface area contributed by atoms with Crippen LogP contribution in [0.2, 0.25) is 0 Å². The lowest BCUT2D eigenvalue weighted by atomic mass is 9.98. The Labute approximate surface area is 123 Å². The molecule has 3 N–H and O–H groups in total. The number of fused-ring (bicyclic) bond motifs is 1. The molecular formula is C15H19N5O. The van der Waals surface area contributed by atoms with E-state index in [0.29, 0.717) is 12.1 Å². The highest BCUT2D eigenvalue weighted by molar-refractivity contribution is 5.97. The van der Waals surface area contributed by atoms with E-state index in [1.807, 2.05) is 20.0 Å². The molecule has 3 rings (SSSR count). The number of hydrogen-bond donors (Lipinski definition) is 2. The Kier molecular flexibility index (Phi) is 3.57. The number of aryl methyl sites for hydroxylation is 1. The summed E-state index contributed by atoms with van der Waals surface area (Å²) in [5, 5.41) is 7.64. The average molecular weight is 285 g/mol. The number of aromatic nitrogens is 3. The molecular weight excluding hydrogens is 266 g/mol. The van der Waals surface area contributed by atoms with Crippen LogP contribution in [0, 0.1) is 13.8 Å². The van der Waals surface area contributed by atoms with E-state index in [9.17, 15) is 4.79 Å². The first kappa shape index (κ1) is 13.9. The minimum absolute atomic E-state index is 0.124. The predicted octanol–water partition coefficient (Wildman–Crippen LogP) is 0.688. The number of hydrogen-bond acceptors (Lipinski definition) is 5. The van der Waals surface area contributed by atoms with E-state index in [0.717, 1.165) is 47.6 Å². The van der Waals surface area contributed by atoms with Crippen LogP contribution in [0.5, 0.6) is 0 Å². The Morgan fingerprint density at radius 3 is 2.95 bits per heavy atom. The van der Waals surface area contributed by atoms with Crippen molar-refractivity contribution in [2.75, 3.05) is 6.54 Å². The molecule has 2 aromatic heterocycles. The van der Waals surface area contributed by atoms with Crippen molar-refractivity contribution in [2.45, 2.75) is 33.4 Å². The first-order valence-corrected chi connectivity index (χ1v) is 7.09. The van der Waals surface area contributed by atoms with E-state index in [1.165, 1.54) is 4.68 Å². The average Bonchev–Trinajstić information content (AvgIpc) is 2.80. The lowest BCUT2D eigenvalue weighted by molar-refractivity contribution is 0.0940. The van der Waals surface area contributed by atoms with Crippen LogP contribution in [0.4, 0.5) is 0 Å². The van der Waals surface area contributed by atoms with E-state index in [1.54, 1.807) is 6.20 Å². The molecule has 0 saturated heterocycles. The van der Waals surface area contributed by atoms with Crippen molar-refractivity contribution in [1.82, 2.24) is 20.1 Å². The van der Waals surface area contributed by atoms with Gasteiger partial charge in [-0.2, -0.15) is 5.10 Å². The van der Waals surface area contributed by atoms with Gasteiger partial charge in [-0.1, -0.05) is 0 Å². The Morgan fingerprint density at radius 1 is 1.43 bits per heavy atom. The van der Waals surface area contributed by atoms with E-state index >= 15 is 0 Å². The van der Waals surface area contributed by atoms with Crippen molar-refractivity contribution < 1.29 is 4.79 Å². The Morgan fingerprint density at radius 2 is 2.24 bits per heavy atom. The topological polar surface area (TPSA) is 85.8 Å². The van der Waals surface area contributed by atoms with Gasteiger partial charge in [0.1, 0.15) is 0 Å². The van der Waals surface area contributed by atoms with E-state index < -0.39 is 0 Å². The molecule has 3 heterocycles. The number of carbonyl (C=O) groups excluding carboxylic acids is 1. The van der Waals surface area contributed by atoms with Gasteiger partial charge < -0.3 is 11.1 Å². The quantitative estimate of drug-likeness (QED) is 0.848. The fourth-order valence-corrected chi connectivity index (χ4v) is 2.88. The zero-order valence-electron chi connectivity index (χ0n) is 12.3. The number of carbonyl (C=O) groups is 1. The fourth-order valence-electron chi connectivity index (χ4n) is 2.88. The molecule has 1 aliphatic heterocycles. The van der Waals surface area contributed by atoms with Gasteiger partial charge in [-0.25, -0.2) is 4.68 Å². The van der Waals surface area contributed by atoms with Crippen molar-refractivity contribution >= 4 is 5.91 Å². The molecule has 6 heteroatoms. The molecule has 110 valence electrons. The van der Waals surface area contributed by atoms with Crippen LogP contribution in [0.1, 0.15) is 38.4 Å². The molecule has 1 aliphatic rings. The van der Waals surface area contributed by atoms with Gasteiger partial charge in [-0.15, -0.1) is 0 Å². The Balaban J connectivity index is 2.07. The van der Waals surface area contributed by atoms with Crippen molar-refractivity contribution in [3.05, 3.63) is 46.0 Å². The number of pyridine rings is 1. The van der Waals surface area contributed by atoms with Crippen molar-refractivity contribution in [3.8, 4) is 0 Å². The molecule has 0 radical (unpaired) electrons. The van der Waals surface area contributed by atoms with Gasteiger partial charge in [0.25, 0.3) is 5.91 Å². The first-order chi connectivity index (χ1) is 10.1. The summed E-state index contributed by atoms with van der Waals surface area (Å²) in [6, 6.07) is 0. The normalized spacial score (nSPS) is 14.0. The SMILES string of the molecule is Cc1nn(C(=O)c2cncc3c2CCNC3)c(C)c1CN. The standard InChI is InChI=1S/C15H19N5O/c1-9-13(5-16)10(2)20(19-9)15(21)14-8-18-7-11-6-17-4-3-12(11)14/h7-8,17H,3-6,16H2,1-2H3. The maximum atomic E-state index is 12.8. The maximum absolute atomic E-state index is 12.8. The second-order valence-corrected chi connectivity index (χ2v) is 5.32. The summed E-state index contributed by atoms with van der Waals surface area (Å²) in [5.74, 6) is -0.124. The third-order valence-corrected chi connectivity index (χ3v) is 4.08. The monoisotopic (exact) mass is 285 g/mol. The number of nitrogens with zero attached hydrogens (tertiary/aromatic N) is 3. The zero-order chi connectivity index (χ0) is 15.0. The van der Waals surface area contributed by atoms with Crippen LogP contribution < -0.4 is 11.1 Å².